The first kappa shape index (κ1) is 22.4. The number of aryl methyl sites for hydroxylation is 1. The van der Waals surface area contributed by atoms with Crippen LogP contribution in [0.25, 0.3) is 11.0 Å². The molecule has 0 unspecified atom stereocenters. The molecule has 5 rings (SSSR count). The van der Waals surface area contributed by atoms with E-state index in [0.29, 0.717) is 18.9 Å². The van der Waals surface area contributed by atoms with Crippen molar-refractivity contribution in [2.24, 2.45) is 0 Å². The minimum atomic E-state index is 0.0742. The highest BCUT2D eigenvalue weighted by atomic mass is 16.2. The fourth-order valence-electron chi connectivity index (χ4n) is 4.98. The van der Waals surface area contributed by atoms with Crippen molar-refractivity contribution in [2.75, 3.05) is 11.4 Å². The summed E-state index contributed by atoms with van der Waals surface area (Å²) in [5.74, 6) is 1.82. The first-order chi connectivity index (χ1) is 16.6. The minimum Gasteiger partial charge on any atom is -0.323 e. The van der Waals surface area contributed by atoms with Crippen molar-refractivity contribution in [1.82, 2.24) is 9.55 Å². The van der Waals surface area contributed by atoms with Crippen LogP contribution in [0.1, 0.15) is 68.0 Å². The number of fused-ring (bicyclic) bond motifs is 1. The second-order valence-corrected chi connectivity index (χ2v) is 9.52. The van der Waals surface area contributed by atoms with E-state index in [2.05, 4.69) is 92.1 Å². The third-order valence-corrected chi connectivity index (χ3v) is 7.33. The number of para-hydroxylation sites is 2. The minimum absolute atomic E-state index is 0.0742. The van der Waals surface area contributed by atoms with Gasteiger partial charge in [-0.2, -0.15) is 0 Å². The molecule has 1 aliphatic heterocycles. The summed E-state index contributed by atoms with van der Waals surface area (Å²) >= 11 is 0. The van der Waals surface area contributed by atoms with Crippen molar-refractivity contribution >= 4 is 22.6 Å². The number of amides is 1. The number of benzene rings is 3. The Morgan fingerprint density at radius 1 is 0.941 bits per heavy atom. The number of carbonyl (C=O) groups is 1. The molecule has 0 bridgehead atoms. The van der Waals surface area contributed by atoms with Gasteiger partial charge in [0.05, 0.1) is 11.0 Å². The molecule has 1 aromatic heterocycles. The maximum absolute atomic E-state index is 13.0. The van der Waals surface area contributed by atoms with Gasteiger partial charge in [0, 0.05) is 31.1 Å². The van der Waals surface area contributed by atoms with Crippen molar-refractivity contribution < 1.29 is 4.79 Å². The Morgan fingerprint density at radius 2 is 1.65 bits per heavy atom. The summed E-state index contributed by atoms with van der Waals surface area (Å²) in [6.07, 6.45) is 2.63. The van der Waals surface area contributed by atoms with Crippen molar-refractivity contribution in [1.29, 1.82) is 0 Å². The van der Waals surface area contributed by atoms with Gasteiger partial charge in [-0.25, -0.2) is 4.98 Å². The van der Waals surface area contributed by atoms with E-state index in [0.717, 1.165) is 41.9 Å². The lowest BCUT2D eigenvalue weighted by atomic mass is 9.97. The molecule has 0 spiro atoms. The van der Waals surface area contributed by atoms with Gasteiger partial charge in [0.15, 0.2) is 0 Å². The van der Waals surface area contributed by atoms with Crippen LogP contribution >= 0.6 is 0 Å². The molecule has 1 amide bonds. The second kappa shape index (κ2) is 9.46. The number of aromatic nitrogens is 2. The molecule has 4 heteroatoms. The maximum Gasteiger partial charge on any atom is 0.227 e. The molecule has 1 saturated heterocycles. The number of rotatable bonds is 7. The number of hydrogen-bond acceptors (Lipinski definition) is 2. The largest absolute Gasteiger partial charge is 0.323 e. The Balaban J connectivity index is 1.45. The zero-order valence-electron chi connectivity index (χ0n) is 20.4. The number of nitrogens with zero attached hydrogens (tertiary/aromatic N) is 3. The predicted molar refractivity (Wildman–Crippen MR) is 140 cm³/mol. The molecule has 0 saturated carbocycles. The summed E-state index contributed by atoms with van der Waals surface area (Å²) < 4.78 is 2.31. The summed E-state index contributed by atoms with van der Waals surface area (Å²) in [7, 11) is 0. The van der Waals surface area contributed by atoms with Crippen LogP contribution in [-0.4, -0.2) is 22.0 Å². The maximum atomic E-state index is 13.0. The van der Waals surface area contributed by atoms with Crippen LogP contribution in [0.5, 0.6) is 0 Å². The predicted octanol–water partition coefficient (Wildman–Crippen LogP) is 6.68. The van der Waals surface area contributed by atoms with Crippen LogP contribution in [0.15, 0.2) is 72.8 Å². The lowest BCUT2D eigenvalue weighted by Crippen LogP contribution is -2.24. The normalized spacial score (nSPS) is 17.0. The molecule has 34 heavy (non-hydrogen) atoms. The topological polar surface area (TPSA) is 38.1 Å². The molecule has 4 nitrogen and oxygen atoms in total. The Kier molecular flexibility index (Phi) is 6.23. The fourth-order valence-corrected chi connectivity index (χ4v) is 4.98. The molecule has 2 atom stereocenters. The van der Waals surface area contributed by atoms with Crippen LogP contribution < -0.4 is 4.90 Å². The highest BCUT2D eigenvalue weighted by Crippen LogP contribution is 2.34. The van der Waals surface area contributed by atoms with Gasteiger partial charge in [-0.3, -0.25) is 4.79 Å². The summed E-state index contributed by atoms with van der Waals surface area (Å²) in [4.78, 5) is 20.0. The van der Waals surface area contributed by atoms with Gasteiger partial charge in [0.2, 0.25) is 5.91 Å². The number of hydrogen-bond donors (Lipinski definition) is 0. The van der Waals surface area contributed by atoms with E-state index in [1.54, 1.807) is 0 Å². The molecule has 1 aliphatic rings. The van der Waals surface area contributed by atoms with Gasteiger partial charge in [0.1, 0.15) is 5.82 Å². The summed E-state index contributed by atoms with van der Waals surface area (Å²) in [6.45, 7) is 8.07. The van der Waals surface area contributed by atoms with Crippen molar-refractivity contribution in [3.05, 3.63) is 95.3 Å². The Morgan fingerprint density at radius 3 is 2.35 bits per heavy atom. The molecule has 3 aromatic carbocycles. The van der Waals surface area contributed by atoms with E-state index in [-0.39, 0.29) is 11.8 Å². The van der Waals surface area contributed by atoms with Gasteiger partial charge in [-0.1, -0.05) is 69.3 Å². The van der Waals surface area contributed by atoms with Crippen molar-refractivity contribution in [2.45, 2.75) is 58.4 Å². The fraction of sp³-hybridized carbons (Fsp3) is 0.333. The molecular weight excluding hydrogens is 418 g/mol. The van der Waals surface area contributed by atoms with Crippen LogP contribution in [0.3, 0.4) is 0 Å². The van der Waals surface area contributed by atoms with Gasteiger partial charge < -0.3 is 9.47 Å². The molecule has 4 aromatic rings. The van der Waals surface area contributed by atoms with Crippen LogP contribution in [0, 0.1) is 0 Å². The number of anilines is 1. The highest BCUT2D eigenvalue weighted by Gasteiger charge is 2.34. The molecular formula is C30H33N3O. The van der Waals surface area contributed by atoms with E-state index in [1.165, 1.54) is 16.7 Å². The molecule has 0 N–H and O–H groups in total. The first-order valence-corrected chi connectivity index (χ1v) is 12.5. The average Bonchev–Trinajstić information content (AvgIpc) is 3.44. The molecule has 2 heterocycles. The van der Waals surface area contributed by atoms with Crippen LogP contribution in [0.2, 0.25) is 0 Å². The first-order valence-electron chi connectivity index (χ1n) is 12.5. The third kappa shape index (κ3) is 4.25. The van der Waals surface area contributed by atoms with E-state index in [9.17, 15) is 4.79 Å². The van der Waals surface area contributed by atoms with Crippen LogP contribution in [0.4, 0.5) is 5.69 Å². The van der Waals surface area contributed by atoms with Crippen LogP contribution in [-0.2, 0) is 17.8 Å². The van der Waals surface area contributed by atoms with Crippen molar-refractivity contribution in [3.8, 4) is 0 Å². The zero-order chi connectivity index (χ0) is 23.7. The lowest BCUT2D eigenvalue weighted by Gasteiger charge is -2.18. The van der Waals surface area contributed by atoms with Crippen molar-refractivity contribution in [3.63, 3.8) is 0 Å². The molecule has 0 aliphatic carbocycles. The van der Waals surface area contributed by atoms with Gasteiger partial charge in [-0.15, -0.1) is 0 Å². The Labute approximate surface area is 202 Å². The smallest absolute Gasteiger partial charge is 0.227 e. The molecule has 0 radical (unpaired) electrons. The summed E-state index contributed by atoms with van der Waals surface area (Å²) in [6, 6.07) is 25.7. The quantitative estimate of drug-likeness (QED) is 0.314. The van der Waals surface area contributed by atoms with E-state index >= 15 is 0 Å². The summed E-state index contributed by atoms with van der Waals surface area (Å²) in [5, 5.41) is 0. The lowest BCUT2D eigenvalue weighted by molar-refractivity contribution is -0.117. The molecule has 1 fully saturated rings. The van der Waals surface area contributed by atoms with E-state index < -0.39 is 0 Å². The van der Waals surface area contributed by atoms with Gasteiger partial charge in [-0.05, 0) is 59.7 Å². The third-order valence-electron chi connectivity index (χ3n) is 7.33. The SMILES string of the molecule is CCc1ccc(N2C[C@@H](c3nc4ccccc4n3Cc3ccc([C@H](C)CC)cc3)CC2=O)cc1. The monoisotopic (exact) mass is 451 g/mol. The van der Waals surface area contributed by atoms with E-state index in [4.69, 9.17) is 4.98 Å². The van der Waals surface area contributed by atoms with Gasteiger partial charge in [0.25, 0.3) is 0 Å². The second-order valence-electron chi connectivity index (χ2n) is 9.52. The Hall–Kier alpha value is -3.40. The molecule has 174 valence electrons. The average molecular weight is 452 g/mol. The Bertz CT molecular complexity index is 1290. The van der Waals surface area contributed by atoms with E-state index in [1.807, 2.05) is 11.0 Å². The number of imidazole rings is 1. The standard InChI is InChI=1S/C30H33N3O/c1-4-21(3)24-14-10-23(11-15-24)19-33-28-9-7-6-8-27(28)31-30(33)25-18-29(34)32(20-25)26-16-12-22(5-2)13-17-26/h6-17,21,25H,4-5,18-20H2,1-3H3/t21-,25+/m1/s1. The summed E-state index contributed by atoms with van der Waals surface area (Å²) in [5.41, 5.74) is 7.02. The number of carbonyl (C=O) groups excluding carboxylic acids is 1. The zero-order valence-corrected chi connectivity index (χ0v) is 20.4. The van der Waals surface area contributed by atoms with Gasteiger partial charge >= 0.3 is 0 Å². The highest BCUT2D eigenvalue weighted by molar-refractivity contribution is 5.96.